The van der Waals surface area contributed by atoms with E-state index in [9.17, 15) is 9.90 Å². The maximum Gasteiger partial charge on any atom is 0.254 e. The van der Waals surface area contributed by atoms with Gasteiger partial charge in [-0.25, -0.2) is 0 Å². The summed E-state index contributed by atoms with van der Waals surface area (Å²) >= 11 is 0. The maximum atomic E-state index is 13.0. The molecule has 1 N–H and O–H groups in total. The first kappa shape index (κ1) is 14.7. The zero-order valence-electron chi connectivity index (χ0n) is 13.4. The standard InChI is InChI=1S/C18H18N4O2/c1-2-16-19-20-17-11-21(8-9-22(16)17)18(24)15-5-3-4-12-10-13(23)6-7-14(12)15/h3-7,10,23H,2,8-9,11H2,1H3. The zero-order valence-corrected chi connectivity index (χ0v) is 13.4. The number of aromatic hydroxyl groups is 1. The van der Waals surface area contributed by atoms with Crippen LogP contribution in [0, 0.1) is 0 Å². The Balaban J connectivity index is 1.67. The minimum Gasteiger partial charge on any atom is -0.508 e. The molecule has 24 heavy (non-hydrogen) atoms. The van der Waals surface area contributed by atoms with Gasteiger partial charge in [0.25, 0.3) is 5.91 Å². The van der Waals surface area contributed by atoms with Crippen molar-refractivity contribution in [3.8, 4) is 5.75 Å². The summed E-state index contributed by atoms with van der Waals surface area (Å²) in [5.74, 6) is 1.99. The molecular formula is C18H18N4O2. The van der Waals surface area contributed by atoms with Crippen molar-refractivity contribution < 1.29 is 9.90 Å². The van der Waals surface area contributed by atoms with Crippen LogP contribution in [-0.4, -0.2) is 37.2 Å². The van der Waals surface area contributed by atoms with Crippen LogP contribution in [0.15, 0.2) is 36.4 Å². The summed E-state index contributed by atoms with van der Waals surface area (Å²) in [6.45, 7) is 3.90. The van der Waals surface area contributed by atoms with Crippen LogP contribution in [0.3, 0.4) is 0 Å². The molecule has 0 radical (unpaired) electrons. The lowest BCUT2D eigenvalue weighted by atomic mass is 10.0. The molecule has 1 aromatic heterocycles. The lowest BCUT2D eigenvalue weighted by molar-refractivity contribution is 0.0708. The summed E-state index contributed by atoms with van der Waals surface area (Å²) in [4.78, 5) is 14.8. The third-order valence-corrected chi connectivity index (χ3v) is 4.53. The number of amides is 1. The van der Waals surface area contributed by atoms with Gasteiger partial charge < -0.3 is 14.6 Å². The molecular weight excluding hydrogens is 304 g/mol. The molecule has 0 saturated heterocycles. The number of benzene rings is 2. The second-order valence-electron chi connectivity index (χ2n) is 5.98. The minimum atomic E-state index is -0.0152. The van der Waals surface area contributed by atoms with Gasteiger partial charge in [0.05, 0.1) is 6.54 Å². The first-order valence-corrected chi connectivity index (χ1v) is 8.09. The van der Waals surface area contributed by atoms with E-state index in [0.29, 0.717) is 18.7 Å². The van der Waals surface area contributed by atoms with E-state index in [2.05, 4.69) is 21.7 Å². The molecule has 3 aromatic rings. The van der Waals surface area contributed by atoms with E-state index in [4.69, 9.17) is 0 Å². The van der Waals surface area contributed by atoms with E-state index in [1.54, 1.807) is 18.2 Å². The number of hydrogen-bond acceptors (Lipinski definition) is 4. The molecule has 1 amide bonds. The monoisotopic (exact) mass is 322 g/mol. The van der Waals surface area contributed by atoms with Gasteiger partial charge >= 0.3 is 0 Å². The summed E-state index contributed by atoms with van der Waals surface area (Å²) < 4.78 is 2.10. The molecule has 4 rings (SSSR count). The van der Waals surface area contributed by atoms with E-state index >= 15 is 0 Å². The van der Waals surface area contributed by atoms with E-state index < -0.39 is 0 Å². The van der Waals surface area contributed by atoms with Crippen molar-refractivity contribution in [1.29, 1.82) is 0 Å². The third-order valence-electron chi connectivity index (χ3n) is 4.53. The molecule has 0 saturated carbocycles. The number of aromatic nitrogens is 3. The molecule has 6 nitrogen and oxygen atoms in total. The molecule has 1 aliphatic heterocycles. The Labute approximate surface area is 139 Å². The number of nitrogens with zero attached hydrogens (tertiary/aromatic N) is 4. The highest BCUT2D eigenvalue weighted by molar-refractivity contribution is 6.07. The van der Waals surface area contributed by atoms with Gasteiger partial charge in [-0.2, -0.15) is 0 Å². The van der Waals surface area contributed by atoms with Crippen LogP contribution < -0.4 is 0 Å². The topological polar surface area (TPSA) is 71.2 Å². The van der Waals surface area contributed by atoms with Gasteiger partial charge in [-0.05, 0) is 35.0 Å². The summed E-state index contributed by atoms with van der Waals surface area (Å²) in [7, 11) is 0. The second kappa shape index (κ2) is 5.63. The number of fused-ring (bicyclic) bond motifs is 2. The van der Waals surface area contributed by atoms with Crippen LogP contribution in [0.4, 0.5) is 0 Å². The summed E-state index contributed by atoms with van der Waals surface area (Å²) in [5, 5.41) is 19.7. The number of rotatable bonds is 2. The zero-order chi connectivity index (χ0) is 16.7. The molecule has 2 heterocycles. The van der Waals surface area contributed by atoms with Crippen LogP contribution >= 0.6 is 0 Å². The third kappa shape index (κ3) is 2.31. The Morgan fingerprint density at radius 1 is 1.21 bits per heavy atom. The van der Waals surface area contributed by atoms with Gasteiger partial charge in [-0.15, -0.1) is 10.2 Å². The number of aryl methyl sites for hydroxylation is 1. The SMILES string of the molecule is CCc1nnc2n1CCN(C(=O)c1cccc3cc(O)ccc13)C2. The first-order valence-electron chi connectivity index (χ1n) is 8.09. The molecule has 0 bridgehead atoms. The van der Waals surface area contributed by atoms with Crippen LogP contribution in [0.1, 0.15) is 28.9 Å². The maximum absolute atomic E-state index is 13.0. The molecule has 1 aliphatic rings. The van der Waals surface area contributed by atoms with E-state index in [1.807, 2.05) is 23.1 Å². The molecule has 0 aliphatic carbocycles. The van der Waals surface area contributed by atoms with Gasteiger partial charge in [-0.3, -0.25) is 4.79 Å². The molecule has 0 unspecified atom stereocenters. The number of carbonyl (C=O) groups is 1. The highest BCUT2D eigenvalue weighted by Gasteiger charge is 2.25. The average molecular weight is 322 g/mol. The number of carbonyl (C=O) groups excluding carboxylic acids is 1. The molecule has 122 valence electrons. The van der Waals surface area contributed by atoms with Gasteiger partial charge in [0.1, 0.15) is 11.6 Å². The van der Waals surface area contributed by atoms with Gasteiger partial charge in [-0.1, -0.05) is 19.1 Å². The van der Waals surface area contributed by atoms with Crippen molar-refractivity contribution in [2.75, 3.05) is 6.54 Å². The van der Waals surface area contributed by atoms with Crippen molar-refractivity contribution in [2.45, 2.75) is 26.4 Å². The minimum absolute atomic E-state index is 0.0152. The normalized spacial score (nSPS) is 14.0. The summed E-state index contributed by atoms with van der Waals surface area (Å²) in [6.07, 6.45) is 0.841. The molecule has 0 spiro atoms. The predicted octanol–water partition coefficient (Wildman–Crippen LogP) is 2.36. The Kier molecular flexibility index (Phi) is 3.45. The predicted molar refractivity (Wildman–Crippen MR) is 89.8 cm³/mol. The molecule has 6 heteroatoms. The van der Waals surface area contributed by atoms with Crippen LogP contribution in [0.5, 0.6) is 5.75 Å². The second-order valence-corrected chi connectivity index (χ2v) is 5.98. The lowest BCUT2D eigenvalue weighted by Crippen LogP contribution is -2.38. The van der Waals surface area contributed by atoms with Crippen molar-refractivity contribution in [3.05, 3.63) is 53.6 Å². The number of phenols is 1. The fourth-order valence-electron chi connectivity index (χ4n) is 3.28. The Bertz CT molecular complexity index is 932. The van der Waals surface area contributed by atoms with E-state index in [0.717, 1.165) is 35.4 Å². The molecule has 2 aromatic carbocycles. The summed E-state index contributed by atoms with van der Waals surface area (Å²) in [6, 6.07) is 10.6. The van der Waals surface area contributed by atoms with Crippen molar-refractivity contribution >= 4 is 16.7 Å². The highest BCUT2D eigenvalue weighted by atomic mass is 16.3. The van der Waals surface area contributed by atoms with Gasteiger partial charge in [0.15, 0.2) is 5.82 Å². The quantitative estimate of drug-likeness (QED) is 0.786. The van der Waals surface area contributed by atoms with Crippen molar-refractivity contribution in [2.24, 2.45) is 0 Å². The Morgan fingerprint density at radius 3 is 2.92 bits per heavy atom. The van der Waals surface area contributed by atoms with Gasteiger partial charge in [0.2, 0.25) is 0 Å². The molecule has 0 atom stereocenters. The largest absolute Gasteiger partial charge is 0.508 e. The van der Waals surface area contributed by atoms with E-state index in [1.165, 1.54) is 0 Å². The molecule has 0 fully saturated rings. The average Bonchev–Trinajstić information content (AvgIpc) is 3.02. The van der Waals surface area contributed by atoms with Crippen molar-refractivity contribution in [1.82, 2.24) is 19.7 Å². The lowest BCUT2D eigenvalue weighted by Gasteiger charge is -2.28. The smallest absolute Gasteiger partial charge is 0.254 e. The number of hydrogen-bond donors (Lipinski definition) is 1. The Morgan fingerprint density at radius 2 is 2.08 bits per heavy atom. The first-order chi connectivity index (χ1) is 11.7. The highest BCUT2D eigenvalue weighted by Crippen LogP contribution is 2.25. The van der Waals surface area contributed by atoms with E-state index in [-0.39, 0.29) is 11.7 Å². The van der Waals surface area contributed by atoms with Gasteiger partial charge in [0, 0.05) is 25.1 Å². The number of phenolic OH excluding ortho intramolecular Hbond substituents is 1. The van der Waals surface area contributed by atoms with Crippen molar-refractivity contribution in [3.63, 3.8) is 0 Å². The van der Waals surface area contributed by atoms with Crippen LogP contribution in [0.25, 0.3) is 10.8 Å². The summed E-state index contributed by atoms with van der Waals surface area (Å²) in [5.41, 5.74) is 0.649. The Hall–Kier alpha value is -2.89. The fraction of sp³-hybridized carbons (Fsp3) is 0.278. The fourth-order valence-corrected chi connectivity index (χ4v) is 3.28. The van der Waals surface area contributed by atoms with Crippen LogP contribution in [0.2, 0.25) is 0 Å². The van der Waals surface area contributed by atoms with Crippen LogP contribution in [-0.2, 0) is 19.5 Å².